The third kappa shape index (κ3) is 3.09. The fourth-order valence-electron chi connectivity index (χ4n) is 1.78. The topological polar surface area (TPSA) is 63.7 Å². The Morgan fingerprint density at radius 3 is 2.67 bits per heavy atom. The lowest BCUT2D eigenvalue weighted by Gasteiger charge is -2.26. The first-order valence-corrected chi connectivity index (χ1v) is 8.23. The lowest BCUT2D eigenvalue weighted by atomic mass is 10.3. The predicted molar refractivity (Wildman–Crippen MR) is 69.6 cm³/mol. The minimum atomic E-state index is -2.95. The van der Waals surface area contributed by atoms with Gasteiger partial charge in [-0.1, -0.05) is 0 Å². The second-order valence-corrected chi connectivity index (χ2v) is 7.61. The Morgan fingerprint density at radius 2 is 2.06 bits per heavy atom. The van der Waals surface area contributed by atoms with E-state index in [9.17, 15) is 13.2 Å². The van der Waals surface area contributed by atoms with Crippen LogP contribution in [0, 0.1) is 0 Å². The summed E-state index contributed by atoms with van der Waals surface area (Å²) in [6.45, 7) is 1.07. The highest BCUT2D eigenvalue weighted by Crippen LogP contribution is 2.20. The summed E-state index contributed by atoms with van der Waals surface area (Å²) in [5, 5.41) is 0. The molecule has 0 bridgehead atoms. The Labute approximate surface area is 110 Å². The van der Waals surface area contributed by atoms with Crippen LogP contribution >= 0.6 is 11.3 Å². The monoisotopic (exact) mass is 289 g/mol. The number of amides is 1. The van der Waals surface area contributed by atoms with Gasteiger partial charge in [0.25, 0.3) is 5.91 Å². The molecule has 7 heteroatoms. The van der Waals surface area contributed by atoms with Gasteiger partial charge in [-0.3, -0.25) is 4.79 Å². The van der Waals surface area contributed by atoms with Crippen molar-refractivity contribution in [2.75, 3.05) is 31.7 Å². The Kier molecular flexibility index (Phi) is 4.04. The summed E-state index contributed by atoms with van der Waals surface area (Å²) in [6, 6.07) is 3.63. The van der Waals surface area contributed by atoms with E-state index in [-0.39, 0.29) is 17.4 Å². The maximum atomic E-state index is 12.1. The van der Waals surface area contributed by atoms with Gasteiger partial charge in [0, 0.05) is 25.1 Å². The first kappa shape index (κ1) is 13.5. The van der Waals surface area contributed by atoms with Crippen LogP contribution in [0.1, 0.15) is 14.5 Å². The molecular weight excluding hydrogens is 274 g/mol. The molecule has 0 atom stereocenters. The molecule has 0 aliphatic carbocycles. The van der Waals surface area contributed by atoms with Crippen molar-refractivity contribution in [3.05, 3.63) is 21.9 Å². The van der Waals surface area contributed by atoms with Crippen molar-refractivity contribution in [2.45, 2.75) is 6.61 Å². The Bertz CT molecular complexity index is 521. The van der Waals surface area contributed by atoms with Crippen LogP contribution in [0.5, 0.6) is 0 Å². The van der Waals surface area contributed by atoms with Gasteiger partial charge >= 0.3 is 0 Å². The minimum absolute atomic E-state index is 0.0645. The Balaban J connectivity index is 2.03. The standard InChI is InChI=1S/C11H15NO4S2/c1-16-8-9-2-3-10(17-9)11(13)12-4-6-18(14,15)7-5-12/h2-3H,4-8H2,1H3. The third-order valence-electron chi connectivity index (χ3n) is 2.79. The first-order chi connectivity index (χ1) is 8.52. The molecule has 2 heterocycles. The van der Waals surface area contributed by atoms with Crippen molar-refractivity contribution in [3.63, 3.8) is 0 Å². The van der Waals surface area contributed by atoms with Crippen LogP contribution < -0.4 is 0 Å². The van der Waals surface area contributed by atoms with Crippen LogP contribution in [0.15, 0.2) is 12.1 Å². The number of hydrogen-bond donors (Lipinski definition) is 0. The van der Waals surface area contributed by atoms with E-state index in [1.165, 1.54) is 11.3 Å². The molecule has 1 saturated heterocycles. The van der Waals surface area contributed by atoms with E-state index in [0.717, 1.165) is 4.88 Å². The van der Waals surface area contributed by atoms with E-state index in [4.69, 9.17) is 4.74 Å². The maximum Gasteiger partial charge on any atom is 0.263 e. The fourth-order valence-corrected chi connectivity index (χ4v) is 3.93. The minimum Gasteiger partial charge on any atom is -0.379 e. The van der Waals surface area contributed by atoms with E-state index in [1.54, 1.807) is 18.1 Å². The van der Waals surface area contributed by atoms with E-state index in [2.05, 4.69) is 0 Å². The van der Waals surface area contributed by atoms with Crippen LogP contribution in [0.25, 0.3) is 0 Å². The highest BCUT2D eigenvalue weighted by molar-refractivity contribution is 7.91. The normalized spacial score (nSPS) is 18.8. The zero-order valence-electron chi connectivity index (χ0n) is 10.1. The molecule has 100 valence electrons. The Morgan fingerprint density at radius 1 is 1.39 bits per heavy atom. The molecule has 0 aromatic carbocycles. The highest BCUT2D eigenvalue weighted by atomic mass is 32.2. The van der Waals surface area contributed by atoms with Crippen molar-refractivity contribution in [1.82, 2.24) is 4.90 Å². The summed E-state index contributed by atoms with van der Waals surface area (Å²) in [5.41, 5.74) is 0. The van der Waals surface area contributed by atoms with Gasteiger partial charge in [-0.25, -0.2) is 8.42 Å². The lowest BCUT2D eigenvalue weighted by molar-refractivity contribution is 0.0775. The van der Waals surface area contributed by atoms with Crippen molar-refractivity contribution < 1.29 is 17.9 Å². The SMILES string of the molecule is COCc1ccc(C(=O)N2CCS(=O)(=O)CC2)s1. The summed E-state index contributed by atoms with van der Waals surface area (Å²) < 4.78 is 27.6. The molecule has 1 aliphatic rings. The smallest absolute Gasteiger partial charge is 0.263 e. The fraction of sp³-hybridized carbons (Fsp3) is 0.545. The number of thiophene rings is 1. The zero-order valence-corrected chi connectivity index (χ0v) is 11.7. The molecule has 0 N–H and O–H groups in total. The van der Waals surface area contributed by atoms with Crippen LogP contribution in [-0.4, -0.2) is 50.9 Å². The second kappa shape index (κ2) is 5.38. The van der Waals surface area contributed by atoms with E-state index in [1.807, 2.05) is 6.07 Å². The molecule has 5 nitrogen and oxygen atoms in total. The zero-order chi connectivity index (χ0) is 13.2. The molecule has 1 aromatic heterocycles. The summed E-state index contributed by atoms with van der Waals surface area (Å²) in [7, 11) is -1.34. The number of methoxy groups -OCH3 is 1. The van der Waals surface area contributed by atoms with Gasteiger partial charge in [0.2, 0.25) is 0 Å². The highest BCUT2D eigenvalue weighted by Gasteiger charge is 2.26. The number of ether oxygens (including phenoxy) is 1. The van der Waals surface area contributed by atoms with Crippen LogP contribution in [0.2, 0.25) is 0 Å². The number of carbonyl (C=O) groups excluding carboxylic acids is 1. The molecule has 0 radical (unpaired) electrons. The van der Waals surface area contributed by atoms with Crippen LogP contribution in [0.4, 0.5) is 0 Å². The predicted octanol–water partition coefficient (Wildman–Crippen LogP) is 0.765. The van der Waals surface area contributed by atoms with Crippen LogP contribution in [0.3, 0.4) is 0 Å². The van der Waals surface area contributed by atoms with Gasteiger partial charge in [0.15, 0.2) is 9.84 Å². The van der Waals surface area contributed by atoms with E-state index >= 15 is 0 Å². The van der Waals surface area contributed by atoms with Gasteiger partial charge in [0.05, 0.1) is 23.0 Å². The molecule has 1 amide bonds. The summed E-state index contributed by atoms with van der Waals surface area (Å²) in [5.74, 6) is 0.0432. The third-order valence-corrected chi connectivity index (χ3v) is 5.45. The molecule has 18 heavy (non-hydrogen) atoms. The summed E-state index contributed by atoms with van der Waals surface area (Å²) >= 11 is 1.39. The van der Waals surface area contributed by atoms with E-state index in [0.29, 0.717) is 24.6 Å². The van der Waals surface area contributed by atoms with Gasteiger partial charge in [-0.05, 0) is 12.1 Å². The molecule has 2 rings (SSSR count). The van der Waals surface area contributed by atoms with Gasteiger partial charge in [-0.2, -0.15) is 0 Å². The molecule has 1 aromatic rings. The molecule has 0 spiro atoms. The van der Waals surface area contributed by atoms with Crippen molar-refractivity contribution in [2.24, 2.45) is 0 Å². The first-order valence-electron chi connectivity index (χ1n) is 5.59. The second-order valence-electron chi connectivity index (χ2n) is 4.14. The lowest BCUT2D eigenvalue weighted by Crippen LogP contribution is -2.43. The van der Waals surface area contributed by atoms with Crippen LogP contribution in [-0.2, 0) is 21.2 Å². The molecule has 0 saturated carbocycles. The van der Waals surface area contributed by atoms with E-state index < -0.39 is 9.84 Å². The maximum absolute atomic E-state index is 12.1. The van der Waals surface area contributed by atoms with Crippen molar-refractivity contribution >= 4 is 27.1 Å². The molecule has 1 fully saturated rings. The summed E-state index contributed by atoms with van der Waals surface area (Å²) in [4.78, 5) is 15.4. The molecule has 1 aliphatic heterocycles. The molecule has 0 unspecified atom stereocenters. The molecular formula is C11H15NO4S2. The van der Waals surface area contributed by atoms with Crippen molar-refractivity contribution in [3.8, 4) is 0 Å². The quantitative estimate of drug-likeness (QED) is 0.824. The number of sulfone groups is 1. The number of nitrogens with zero attached hydrogens (tertiary/aromatic N) is 1. The Hall–Kier alpha value is -0.920. The number of rotatable bonds is 3. The average molecular weight is 289 g/mol. The summed E-state index contributed by atoms with van der Waals surface area (Å²) in [6.07, 6.45) is 0. The van der Waals surface area contributed by atoms with Crippen molar-refractivity contribution in [1.29, 1.82) is 0 Å². The number of carbonyl (C=O) groups is 1. The largest absolute Gasteiger partial charge is 0.379 e. The van der Waals surface area contributed by atoms with Gasteiger partial charge in [-0.15, -0.1) is 11.3 Å². The van der Waals surface area contributed by atoms with Gasteiger partial charge < -0.3 is 9.64 Å². The average Bonchev–Trinajstić information content (AvgIpc) is 2.77. The number of hydrogen-bond acceptors (Lipinski definition) is 5. The van der Waals surface area contributed by atoms with Gasteiger partial charge in [0.1, 0.15) is 0 Å².